The summed E-state index contributed by atoms with van der Waals surface area (Å²) in [5.74, 6) is 1.35. The molecule has 16 heavy (non-hydrogen) atoms. The summed E-state index contributed by atoms with van der Waals surface area (Å²) in [5.41, 5.74) is 1.98. The molecule has 88 valence electrons. The second-order valence-corrected chi connectivity index (χ2v) is 3.70. The van der Waals surface area contributed by atoms with Crippen molar-refractivity contribution in [2.75, 3.05) is 20.3 Å². The van der Waals surface area contributed by atoms with Crippen LogP contribution in [0.15, 0.2) is 0 Å². The molecule has 0 amide bonds. The van der Waals surface area contributed by atoms with Crippen molar-refractivity contribution in [2.24, 2.45) is 0 Å². The number of nitrogens with zero attached hydrogens (tertiary/aromatic N) is 2. The molecule has 0 radical (unpaired) electrons. The smallest absolute Gasteiger partial charge is 0.222 e. The molecule has 0 spiro atoms. The summed E-state index contributed by atoms with van der Waals surface area (Å²) in [7, 11) is 1.60. The highest BCUT2D eigenvalue weighted by Gasteiger charge is 2.18. The maximum atomic E-state index is 8.79. The van der Waals surface area contributed by atoms with Gasteiger partial charge in [0.25, 0.3) is 0 Å². The molecule has 1 aromatic heterocycles. The van der Waals surface area contributed by atoms with Crippen LogP contribution in [0.25, 0.3) is 0 Å². The van der Waals surface area contributed by atoms with Gasteiger partial charge in [0.05, 0.1) is 31.6 Å². The van der Waals surface area contributed by atoms with E-state index in [1.54, 1.807) is 7.11 Å². The highest BCUT2D eigenvalue weighted by Crippen LogP contribution is 2.23. The second-order valence-electron chi connectivity index (χ2n) is 3.70. The van der Waals surface area contributed by atoms with Gasteiger partial charge in [-0.1, -0.05) is 0 Å². The van der Waals surface area contributed by atoms with Crippen LogP contribution in [0.1, 0.15) is 23.5 Å². The van der Waals surface area contributed by atoms with Gasteiger partial charge in [0.15, 0.2) is 0 Å². The summed E-state index contributed by atoms with van der Waals surface area (Å²) < 4.78 is 10.6. The minimum absolute atomic E-state index is 0.159. The van der Waals surface area contributed by atoms with Gasteiger partial charge in [0.1, 0.15) is 5.82 Å². The predicted molar refractivity (Wildman–Crippen MR) is 57.4 cm³/mol. The largest absolute Gasteiger partial charge is 0.481 e. The topological polar surface area (TPSA) is 64.5 Å². The molecule has 5 heteroatoms. The van der Waals surface area contributed by atoms with E-state index in [-0.39, 0.29) is 6.61 Å². The Morgan fingerprint density at radius 2 is 2.31 bits per heavy atom. The highest BCUT2D eigenvalue weighted by atomic mass is 16.5. The van der Waals surface area contributed by atoms with E-state index in [4.69, 9.17) is 14.6 Å². The average Bonchev–Trinajstić information content (AvgIpc) is 2.35. The summed E-state index contributed by atoms with van der Waals surface area (Å²) in [6.45, 7) is 1.39. The summed E-state index contributed by atoms with van der Waals surface area (Å²) in [5, 5.41) is 8.79. The molecule has 5 nitrogen and oxygen atoms in total. The molecule has 2 heterocycles. The lowest BCUT2D eigenvalue weighted by atomic mass is 10.1. The van der Waals surface area contributed by atoms with Gasteiger partial charge in [-0.3, -0.25) is 0 Å². The van der Waals surface area contributed by atoms with E-state index in [0.717, 1.165) is 23.5 Å². The van der Waals surface area contributed by atoms with Crippen LogP contribution in [0.5, 0.6) is 5.88 Å². The molecule has 0 bridgehead atoms. The number of rotatable bonds is 4. The minimum Gasteiger partial charge on any atom is -0.481 e. The number of aryl methyl sites for hydroxylation is 1. The Labute approximate surface area is 94.4 Å². The van der Waals surface area contributed by atoms with Crippen molar-refractivity contribution in [2.45, 2.75) is 25.9 Å². The Kier molecular flexibility index (Phi) is 3.69. The number of hydrogen-bond donors (Lipinski definition) is 1. The average molecular weight is 224 g/mol. The first-order valence-corrected chi connectivity index (χ1v) is 5.46. The summed E-state index contributed by atoms with van der Waals surface area (Å²) in [6, 6.07) is 0. The third-order valence-electron chi connectivity index (χ3n) is 2.58. The molecular formula is C11H16N2O3. The number of methoxy groups -OCH3 is 1. The van der Waals surface area contributed by atoms with Gasteiger partial charge in [-0.25, -0.2) is 4.98 Å². The van der Waals surface area contributed by atoms with Crippen LogP contribution in [0.2, 0.25) is 0 Å². The standard InChI is InChI=1S/C11H16N2O3/c1-15-11-8-7-16-6-4-9(8)12-10(13-11)3-2-5-14/h14H,2-7H2,1H3. The van der Waals surface area contributed by atoms with E-state index in [2.05, 4.69) is 9.97 Å². The lowest BCUT2D eigenvalue weighted by Gasteiger charge is -2.18. The molecule has 0 aromatic carbocycles. The van der Waals surface area contributed by atoms with Crippen LogP contribution in [-0.4, -0.2) is 35.4 Å². The number of hydrogen-bond acceptors (Lipinski definition) is 5. The van der Waals surface area contributed by atoms with Gasteiger partial charge in [-0.05, 0) is 6.42 Å². The van der Waals surface area contributed by atoms with Gasteiger partial charge in [0.2, 0.25) is 5.88 Å². The fourth-order valence-corrected chi connectivity index (χ4v) is 1.77. The maximum Gasteiger partial charge on any atom is 0.222 e. The molecule has 1 aliphatic rings. The molecule has 1 aromatic rings. The first kappa shape index (κ1) is 11.3. The van der Waals surface area contributed by atoms with E-state index in [9.17, 15) is 0 Å². The van der Waals surface area contributed by atoms with Crippen LogP contribution in [0, 0.1) is 0 Å². The first-order valence-electron chi connectivity index (χ1n) is 5.46. The van der Waals surface area contributed by atoms with E-state index < -0.39 is 0 Å². The van der Waals surface area contributed by atoms with Gasteiger partial charge < -0.3 is 14.6 Å². The first-order chi connectivity index (χ1) is 7.85. The SMILES string of the molecule is COc1nc(CCCO)nc2c1COCC2. The molecule has 1 aliphatic heterocycles. The van der Waals surface area contributed by atoms with Crippen LogP contribution in [0.4, 0.5) is 0 Å². The molecule has 0 unspecified atom stereocenters. The quantitative estimate of drug-likeness (QED) is 0.806. The van der Waals surface area contributed by atoms with E-state index in [0.29, 0.717) is 31.9 Å². The van der Waals surface area contributed by atoms with Gasteiger partial charge in [-0.2, -0.15) is 4.98 Å². The third-order valence-corrected chi connectivity index (χ3v) is 2.58. The molecule has 2 rings (SSSR count). The zero-order chi connectivity index (χ0) is 11.4. The molecule has 0 saturated heterocycles. The van der Waals surface area contributed by atoms with Gasteiger partial charge >= 0.3 is 0 Å². The zero-order valence-corrected chi connectivity index (χ0v) is 9.40. The molecule has 0 fully saturated rings. The number of fused-ring (bicyclic) bond motifs is 1. The summed E-state index contributed by atoms with van der Waals surface area (Å²) >= 11 is 0. The van der Waals surface area contributed by atoms with Crippen molar-refractivity contribution in [1.29, 1.82) is 0 Å². The van der Waals surface area contributed by atoms with Crippen molar-refractivity contribution >= 4 is 0 Å². The van der Waals surface area contributed by atoms with Crippen LogP contribution >= 0.6 is 0 Å². The molecular weight excluding hydrogens is 208 g/mol. The lowest BCUT2D eigenvalue weighted by molar-refractivity contribution is 0.106. The fraction of sp³-hybridized carbons (Fsp3) is 0.636. The van der Waals surface area contributed by atoms with Gasteiger partial charge in [-0.15, -0.1) is 0 Å². The van der Waals surface area contributed by atoms with Crippen molar-refractivity contribution in [1.82, 2.24) is 9.97 Å². The Hall–Kier alpha value is -1.20. The highest BCUT2D eigenvalue weighted by molar-refractivity contribution is 5.31. The Bertz CT molecular complexity index is 351. The van der Waals surface area contributed by atoms with Crippen molar-refractivity contribution in [3.05, 3.63) is 17.1 Å². The number of aliphatic hydroxyl groups is 1. The number of aliphatic hydroxyl groups excluding tert-OH is 1. The molecule has 0 saturated carbocycles. The zero-order valence-electron chi connectivity index (χ0n) is 9.40. The van der Waals surface area contributed by atoms with Crippen LogP contribution in [0.3, 0.4) is 0 Å². The monoisotopic (exact) mass is 224 g/mol. The molecule has 0 atom stereocenters. The Morgan fingerprint density at radius 3 is 3.06 bits per heavy atom. The van der Waals surface area contributed by atoms with E-state index >= 15 is 0 Å². The van der Waals surface area contributed by atoms with Crippen molar-refractivity contribution in [3.8, 4) is 5.88 Å². The molecule has 1 N–H and O–H groups in total. The number of aromatic nitrogens is 2. The van der Waals surface area contributed by atoms with Crippen molar-refractivity contribution < 1.29 is 14.6 Å². The predicted octanol–water partition coefficient (Wildman–Crippen LogP) is 0.483. The Balaban J connectivity index is 2.28. The Morgan fingerprint density at radius 1 is 1.44 bits per heavy atom. The molecule has 0 aliphatic carbocycles. The second kappa shape index (κ2) is 5.23. The van der Waals surface area contributed by atoms with Crippen LogP contribution < -0.4 is 4.74 Å². The number of ether oxygens (including phenoxy) is 2. The fourth-order valence-electron chi connectivity index (χ4n) is 1.77. The van der Waals surface area contributed by atoms with E-state index in [1.165, 1.54) is 0 Å². The van der Waals surface area contributed by atoms with Crippen molar-refractivity contribution in [3.63, 3.8) is 0 Å². The minimum atomic E-state index is 0.159. The summed E-state index contributed by atoms with van der Waals surface area (Å²) in [4.78, 5) is 8.79. The summed E-state index contributed by atoms with van der Waals surface area (Å²) in [6.07, 6.45) is 2.17. The van der Waals surface area contributed by atoms with Crippen LogP contribution in [-0.2, 0) is 24.2 Å². The van der Waals surface area contributed by atoms with Gasteiger partial charge in [0, 0.05) is 19.4 Å². The lowest BCUT2D eigenvalue weighted by Crippen LogP contribution is -2.16. The third kappa shape index (κ3) is 2.31. The maximum absolute atomic E-state index is 8.79. The van der Waals surface area contributed by atoms with E-state index in [1.807, 2.05) is 0 Å². The normalized spacial score (nSPS) is 14.6.